The minimum Gasteiger partial charge on any atom is -0.493 e. The van der Waals surface area contributed by atoms with Crippen molar-refractivity contribution in [1.29, 1.82) is 0 Å². The maximum Gasteiger partial charge on any atom is 0.187 e. The van der Waals surface area contributed by atoms with Gasteiger partial charge in [-0.1, -0.05) is 0 Å². The van der Waals surface area contributed by atoms with Crippen molar-refractivity contribution in [3.8, 4) is 11.5 Å². The zero-order valence-electron chi connectivity index (χ0n) is 21.6. The van der Waals surface area contributed by atoms with Gasteiger partial charge < -0.3 is 19.3 Å². The number of benzene rings is 2. The van der Waals surface area contributed by atoms with E-state index in [1.54, 1.807) is 36.4 Å². The maximum absolute atomic E-state index is 12.4. The molecule has 196 valence electrons. The van der Waals surface area contributed by atoms with Gasteiger partial charge in [0.05, 0.1) is 13.2 Å². The van der Waals surface area contributed by atoms with Gasteiger partial charge in [-0.15, -0.1) is 0 Å². The fraction of sp³-hybridized carbons (Fsp3) is 0.419. The lowest BCUT2D eigenvalue weighted by molar-refractivity contribution is 0.103. The number of likely N-dealkylation sites (tertiary alicyclic amines) is 2. The number of allylic oxidation sites excluding steroid dienone is 2. The monoisotopic (exact) mass is 502 g/mol. The Morgan fingerprint density at radius 2 is 0.973 bits per heavy atom. The SMILES string of the molecule is O=C(/C=C/N1CCCCC1)c1ccc(OCCCOc2ccc(C(=O)/C=C/N3CCCCC3)cc2)cc1. The lowest BCUT2D eigenvalue weighted by Crippen LogP contribution is -2.24. The van der Waals surface area contributed by atoms with Gasteiger partial charge in [-0.25, -0.2) is 0 Å². The Labute approximate surface area is 220 Å². The van der Waals surface area contributed by atoms with Crippen LogP contribution >= 0.6 is 0 Å². The molecule has 2 aliphatic heterocycles. The lowest BCUT2D eigenvalue weighted by Gasteiger charge is -2.24. The van der Waals surface area contributed by atoms with E-state index in [-0.39, 0.29) is 11.6 Å². The fourth-order valence-electron chi connectivity index (χ4n) is 4.54. The number of carbonyl (C=O) groups is 2. The number of ketones is 2. The second-order valence-corrected chi connectivity index (χ2v) is 9.65. The van der Waals surface area contributed by atoms with Gasteiger partial charge in [0.2, 0.25) is 0 Å². The number of ether oxygens (including phenoxy) is 2. The van der Waals surface area contributed by atoms with E-state index in [2.05, 4.69) is 9.80 Å². The highest BCUT2D eigenvalue weighted by Gasteiger charge is 2.09. The molecule has 2 heterocycles. The molecule has 2 aromatic rings. The molecule has 2 aromatic carbocycles. The van der Waals surface area contributed by atoms with Crippen LogP contribution in [0.3, 0.4) is 0 Å². The van der Waals surface area contributed by atoms with Gasteiger partial charge in [0.15, 0.2) is 11.6 Å². The van der Waals surface area contributed by atoms with Crippen LogP contribution in [0.1, 0.15) is 65.7 Å². The molecule has 0 spiro atoms. The van der Waals surface area contributed by atoms with Crippen molar-refractivity contribution >= 4 is 11.6 Å². The molecule has 2 saturated heterocycles. The summed E-state index contributed by atoms with van der Waals surface area (Å²) in [5.74, 6) is 1.49. The third-order valence-corrected chi connectivity index (χ3v) is 6.76. The quantitative estimate of drug-likeness (QED) is 0.205. The van der Waals surface area contributed by atoms with Gasteiger partial charge in [-0.2, -0.15) is 0 Å². The molecule has 4 rings (SSSR count). The Balaban J connectivity index is 1.12. The first kappa shape index (κ1) is 26.5. The van der Waals surface area contributed by atoms with Gasteiger partial charge >= 0.3 is 0 Å². The molecular formula is C31H38N2O4. The second-order valence-electron chi connectivity index (χ2n) is 9.65. The predicted molar refractivity (Wildman–Crippen MR) is 146 cm³/mol. The lowest BCUT2D eigenvalue weighted by atomic mass is 10.1. The van der Waals surface area contributed by atoms with Crippen LogP contribution in [0.4, 0.5) is 0 Å². The minimum atomic E-state index is 0.0104. The van der Waals surface area contributed by atoms with E-state index in [9.17, 15) is 9.59 Å². The van der Waals surface area contributed by atoms with E-state index in [1.165, 1.54) is 38.5 Å². The average Bonchev–Trinajstić information content (AvgIpc) is 2.96. The third kappa shape index (κ3) is 8.81. The van der Waals surface area contributed by atoms with E-state index < -0.39 is 0 Å². The number of carbonyl (C=O) groups excluding carboxylic acids is 2. The summed E-state index contributed by atoms with van der Waals surface area (Å²) in [5, 5.41) is 0. The molecule has 2 fully saturated rings. The highest BCUT2D eigenvalue weighted by atomic mass is 16.5. The number of nitrogens with zero attached hydrogens (tertiary/aromatic N) is 2. The summed E-state index contributed by atoms with van der Waals surface area (Å²) >= 11 is 0. The molecule has 0 saturated carbocycles. The first-order valence-corrected chi connectivity index (χ1v) is 13.6. The van der Waals surface area contributed by atoms with Crippen LogP contribution in [0.5, 0.6) is 11.5 Å². The van der Waals surface area contributed by atoms with Crippen molar-refractivity contribution in [2.75, 3.05) is 39.4 Å². The van der Waals surface area contributed by atoms with Gasteiger partial charge in [-0.3, -0.25) is 9.59 Å². The molecule has 6 nitrogen and oxygen atoms in total. The fourth-order valence-corrected chi connectivity index (χ4v) is 4.54. The summed E-state index contributed by atoms with van der Waals surface area (Å²) in [6.07, 6.45) is 15.2. The molecule has 0 aromatic heterocycles. The minimum absolute atomic E-state index is 0.0104. The van der Waals surface area contributed by atoms with Crippen molar-refractivity contribution in [1.82, 2.24) is 9.80 Å². The summed E-state index contributed by atoms with van der Waals surface area (Å²) in [5.41, 5.74) is 1.32. The van der Waals surface area contributed by atoms with Gasteiger partial charge in [0, 0.05) is 68.3 Å². The normalized spacial score (nSPS) is 16.3. The van der Waals surface area contributed by atoms with E-state index in [0.29, 0.717) is 24.3 Å². The summed E-state index contributed by atoms with van der Waals surface area (Å²) in [6, 6.07) is 14.5. The first-order valence-electron chi connectivity index (χ1n) is 13.6. The second kappa shape index (κ2) is 14.3. The van der Waals surface area contributed by atoms with Crippen molar-refractivity contribution in [2.45, 2.75) is 44.9 Å². The predicted octanol–water partition coefficient (Wildman–Crippen LogP) is 5.90. The standard InChI is InChI=1S/C31H38N2O4/c34-30(16-22-32-18-3-1-4-19-32)26-8-12-28(13-9-26)36-24-7-25-37-29-14-10-27(11-15-29)31(35)17-23-33-20-5-2-6-21-33/h8-17,22-23H,1-7,18-21,24-25H2/b22-16+,23-17+. The van der Waals surface area contributed by atoms with Crippen LogP contribution in [0.2, 0.25) is 0 Å². The highest BCUT2D eigenvalue weighted by molar-refractivity contribution is 6.05. The van der Waals surface area contributed by atoms with E-state index in [4.69, 9.17) is 9.47 Å². The van der Waals surface area contributed by atoms with Crippen LogP contribution in [-0.2, 0) is 0 Å². The van der Waals surface area contributed by atoms with E-state index in [0.717, 1.165) is 44.1 Å². The molecule has 0 aliphatic carbocycles. The summed E-state index contributed by atoms with van der Waals surface area (Å²) in [4.78, 5) is 29.2. The van der Waals surface area contributed by atoms with E-state index in [1.807, 2.05) is 36.7 Å². The van der Waals surface area contributed by atoms with Gasteiger partial charge in [0.25, 0.3) is 0 Å². The number of piperidine rings is 2. The summed E-state index contributed by atoms with van der Waals surface area (Å²) < 4.78 is 11.6. The molecule has 37 heavy (non-hydrogen) atoms. The number of hydrogen-bond acceptors (Lipinski definition) is 6. The Bertz CT molecular complexity index is 962. The summed E-state index contributed by atoms with van der Waals surface area (Å²) in [6.45, 7) is 5.15. The Hall–Kier alpha value is -3.54. The Morgan fingerprint density at radius 1 is 0.595 bits per heavy atom. The zero-order chi connectivity index (χ0) is 25.7. The zero-order valence-corrected chi connectivity index (χ0v) is 21.6. The molecule has 0 amide bonds. The van der Waals surface area contributed by atoms with Crippen molar-refractivity contribution in [2.24, 2.45) is 0 Å². The summed E-state index contributed by atoms with van der Waals surface area (Å²) in [7, 11) is 0. The average molecular weight is 503 g/mol. The molecule has 0 atom stereocenters. The van der Waals surface area contributed by atoms with Crippen LogP contribution < -0.4 is 9.47 Å². The largest absolute Gasteiger partial charge is 0.493 e. The van der Waals surface area contributed by atoms with Gasteiger partial charge in [-0.05, 0) is 87.1 Å². The first-order chi connectivity index (χ1) is 18.2. The van der Waals surface area contributed by atoms with Crippen LogP contribution in [0.15, 0.2) is 73.1 Å². The Kier molecular flexibility index (Phi) is 10.2. The molecule has 2 aliphatic rings. The van der Waals surface area contributed by atoms with Crippen molar-refractivity contribution in [3.63, 3.8) is 0 Å². The van der Waals surface area contributed by atoms with Crippen LogP contribution in [-0.4, -0.2) is 60.8 Å². The molecule has 0 N–H and O–H groups in total. The molecule has 6 heteroatoms. The molecule has 0 radical (unpaired) electrons. The van der Waals surface area contributed by atoms with Crippen LogP contribution in [0.25, 0.3) is 0 Å². The van der Waals surface area contributed by atoms with Crippen LogP contribution in [0, 0.1) is 0 Å². The van der Waals surface area contributed by atoms with E-state index >= 15 is 0 Å². The van der Waals surface area contributed by atoms with Crippen molar-refractivity contribution < 1.29 is 19.1 Å². The number of rotatable bonds is 12. The maximum atomic E-state index is 12.4. The molecule has 0 bridgehead atoms. The highest BCUT2D eigenvalue weighted by Crippen LogP contribution is 2.16. The smallest absolute Gasteiger partial charge is 0.187 e. The third-order valence-electron chi connectivity index (χ3n) is 6.76. The van der Waals surface area contributed by atoms with Crippen molar-refractivity contribution in [3.05, 3.63) is 84.2 Å². The topological polar surface area (TPSA) is 59.1 Å². The number of hydrogen-bond donors (Lipinski definition) is 0. The van der Waals surface area contributed by atoms with Gasteiger partial charge in [0.1, 0.15) is 11.5 Å². The Morgan fingerprint density at radius 3 is 1.35 bits per heavy atom. The molecule has 0 unspecified atom stereocenters. The molecular weight excluding hydrogens is 464 g/mol.